The SMILES string of the molecule is COc1c([C@H]2C[C@@](C)(C(F)(F)F)O[C@H]2C(=O)Nc2ccc(F)c(C(N)=O)c2)ccc(F)c1F. The molecule has 2 aromatic rings. The van der Waals surface area contributed by atoms with Crippen molar-refractivity contribution in [1.82, 2.24) is 0 Å². The van der Waals surface area contributed by atoms with Crippen LogP contribution in [0.1, 0.15) is 35.2 Å². The van der Waals surface area contributed by atoms with E-state index in [0.717, 1.165) is 38.3 Å². The predicted molar refractivity (Wildman–Crippen MR) is 103 cm³/mol. The summed E-state index contributed by atoms with van der Waals surface area (Å²) in [6.07, 6.45) is -7.52. The molecule has 1 aliphatic heterocycles. The smallest absolute Gasteiger partial charge is 0.417 e. The minimum atomic E-state index is -4.90. The number of carbonyl (C=O) groups excluding carboxylic acids is 2. The Morgan fingerprint density at radius 1 is 1.15 bits per heavy atom. The normalized spacial score (nSPS) is 22.8. The summed E-state index contributed by atoms with van der Waals surface area (Å²) in [6, 6.07) is 4.51. The zero-order chi connectivity index (χ0) is 24.7. The van der Waals surface area contributed by atoms with Crippen molar-refractivity contribution in [3.8, 4) is 5.75 Å². The number of carbonyl (C=O) groups is 2. The number of nitrogens with two attached hydrogens (primary N) is 1. The average molecular weight is 476 g/mol. The second-order valence-electron chi connectivity index (χ2n) is 7.61. The van der Waals surface area contributed by atoms with Gasteiger partial charge in [-0.3, -0.25) is 9.59 Å². The van der Waals surface area contributed by atoms with Gasteiger partial charge in [0, 0.05) is 17.2 Å². The molecule has 1 aliphatic rings. The van der Waals surface area contributed by atoms with Crippen LogP contribution in [0.4, 0.5) is 32.0 Å². The average Bonchev–Trinajstić information content (AvgIpc) is 3.10. The quantitative estimate of drug-likeness (QED) is 0.638. The van der Waals surface area contributed by atoms with Crippen LogP contribution >= 0.6 is 0 Å². The van der Waals surface area contributed by atoms with E-state index >= 15 is 0 Å². The number of halogens is 6. The number of hydrogen-bond acceptors (Lipinski definition) is 4. The first-order valence-corrected chi connectivity index (χ1v) is 9.45. The molecule has 6 nitrogen and oxygen atoms in total. The third-order valence-electron chi connectivity index (χ3n) is 5.40. The molecule has 0 spiro atoms. The molecule has 0 aromatic heterocycles. The third-order valence-corrected chi connectivity index (χ3v) is 5.40. The monoisotopic (exact) mass is 476 g/mol. The Balaban J connectivity index is 2.02. The van der Waals surface area contributed by atoms with E-state index in [1.165, 1.54) is 0 Å². The van der Waals surface area contributed by atoms with Crippen molar-refractivity contribution in [2.24, 2.45) is 5.73 Å². The maximum atomic E-state index is 14.2. The first kappa shape index (κ1) is 24.4. The maximum absolute atomic E-state index is 14.2. The fraction of sp³-hybridized carbons (Fsp3) is 0.333. The number of alkyl halides is 3. The zero-order valence-electron chi connectivity index (χ0n) is 17.2. The Labute approximate surface area is 183 Å². The van der Waals surface area contributed by atoms with Gasteiger partial charge in [-0.2, -0.15) is 17.6 Å². The summed E-state index contributed by atoms with van der Waals surface area (Å²) in [5, 5.41) is 2.24. The molecule has 0 saturated carbocycles. The van der Waals surface area contributed by atoms with Crippen LogP contribution in [0.25, 0.3) is 0 Å². The molecular formula is C21H18F6N2O4. The molecule has 0 unspecified atom stereocenters. The van der Waals surface area contributed by atoms with Gasteiger partial charge in [-0.05, 0) is 37.6 Å². The van der Waals surface area contributed by atoms with Gasteiger partial charge in [-0.1, -0.05) is 6.07 Å². The Kier molecular flexibility index (Phi) is 6.33. The van der Waals surface area contributed by atoms with E-state index in [2.05, 4.69) is 5.32 Å². The van der Waals surface area contributed by atoms with Crippen LogP contribution in [0.2, 0.25) is 0 Å². The Morgan fingerprint density at radius 2 is 1.79 bits per heavy atom. The molecule has 1 heterocycles. The van der Waals surface area contributed by atoms with Crippen LogP contribution < -0.4 is 15.8 Å². The number of primary amides is 1. The van der Waals surface area contributed by atoms with Gasteiger partial charge >= 0.3 is 6.18 Å². The van der Waals surface area contributed by atoms with Gasteiger partial charge in [0.2, 0.25) is 5.82 Å². The number of hydrogen-bond donors (Lipinski definition) is 2. The summed E-state index contributed by atoms with van der Waals surface area (Å²) in [7, 11) is 0.999. The lowest BCUT2D eigenvalue weighted by atomic mass is 9.85. The maximum Gasteiger partial charge on any atom is 0.417 e. The largest absolute Gasteiger partial charge is 0.493 e. The van der Waals surface area contributed by atoms with E-state index in [1.807, 2.05) is 0 Å². The fourth-order valence-corrected chi connectivity index (χ4v) is 3.68. The Morgan fingerprint density at radius 3 is 2.36 bits per heavy atom. The molecule has 2 amide bonds. The van der Waals surface area contributed by atoms with Crippen LogP contribution in [0.5, 0.6) is 5.75 Å². The molecule has 0 aliphatic carbocycles. The number of rotatable bonds is 5. The summed E-state index contributed by atoms with van der Waals surface area (Å²) in [6.45, 7) is 0.725. The molecule has 178 valence electrons. The molecule has 12 heteroatoms. The van der Waals surface area contributed by atoms with Crippen LogP contribution in [0.15, 0.2) is 30.3 Å². The highest BCUT2D eigenvalue weighted by Gasteiger charge is 2.61. The first-order valence-electron chi connectivity index (χ1n) is 9.45. The van der Waals surface area contributed by atoms with Gasteiger partial charge in [-0.25, -0.2) is 8.78 Å². The van der Waals surface area contributed by atoms with Crippen LogP contribution in [-0.4, -0.2) is 36.8 Å². The lowest BCUT2D eigenvalue weighted by Crippen LogP contribution is -2.43. The van der Waals surface area contributed by atoms with Crippen molar-refractivity contribution in [3.63, 3.8) is 0 Å². The van der Waals surface area contributed by atoms with Crippen molar-refractivity contribution in [3.05, 3.63) is 58.9 Å². The second kappa shape index (κ2) is 8.58. The molecule has 1 saturated heterocycles. The lowest BCUT2D eigenvalue weighted by Gasteiger charge is -2.27. The lowest BCUT2D eigenvalue weighted by molar-refractivity contribution is -0.261. The van der Waals surface area contributed by atoms with Gasteiger partial charge in [0.1, 0.15) is 11.9 Å². The topological polar surface area (TPSA) is 90.7 Å². The number of amides is 2. The molecule has 0 radical (unpaired) electrons. The van der Waals surface area contributed by atoms with Crippen molar-refractivity contribution in [1.29, 1.82) is 0 Å². The van der Waals surface area contributed by atoms with Crippen molar-refractivity contribution < 1.29 is 45.4 Å². The Hall–Kier alpha value is -3.28. The second-order valence-corrected chi connectivity index (χ2v) is 7.61. The van der Waals surface area contributed by atoms with E-state index < -0.39 is 70.8 Å². The van der Waals surface area contributed by atoms with Gasteiger partial charge in [0.25, 0.3) is 11.8 Å². The third kappa shape index (κ3) is 4.47. The molecule has 1 fully saturated rings. The first-order chi connectivity index (χ1) is 15.3. The van der Waals surface area contributed by atoms with E-state index in [0.29, 0.717) is 6.07 Å². The van der Waals surface area contributed by atoms with Gasteiger partial charge in [-0.15, -0.1) is 0 Å². The molecular weight excluding hydrogens is 458 g/mol. The number of methoxy groups -OCH3 is 1. The number of benzene rings is 2. The molecule has 3 atom stereocenters. The number of ether oxygens (including phenoxy) is 2. The van der Waals surface area contributed by atoms with Gasteiger partial charge in [0.15, 0.2) is 17.2 Å². The number of nitrogens with one attached hydrogen (secondary N) is 1. The fourth-order valence-electron chi connectivity index (χ4n) is 3.68. The van der Waals surface area contributed by atoms with Crippen molar-refractivity contribution >= 4 is 17.5 Å². The van der Waals surface area contributed by atoms with Crippen LogP contribution in [0.3, 0.4) is 0 Å². The predicted octanol–water partition coefficient (Wildman–Crippen LogP) is 4.04. The van der Waals surface area contributed by atoms with Gasteiger partial charge in [0.05, 0.1) is 12.7 Å². The van der Waals surface area contributed by atoms with E-state index in [9.17, 15) is 35.9 Å². The number of anilines is 1. The molecule has 3 N–H and O–H groups in total. The highest BCUT2D eigenvalue weighted by Crippen LogP contribution is 2.51. The Bertz CT molecular complexity index is 1110. The standard InChI is InChI=1S/C21H18F6N2O4/c1-20(21(25,26)27)8-12(10-4-6-14(23)15(24)16(10)32-2)17(33-20)19(31)29-9-3-5-13(22)11(7-9)18(28)30/h3-7,12,17H,8H2,1-2H3,(H2,28,30)(H,29,31)/t12-,17-,20+/m1/s1. The summed E-state index contributed by atoms with van der Waals surface area (Å²) >= 11 is 0. The van der Waals surface area contributed by atoms with E-state index in [1.54, 1.807) is 0 Å². The molecule has 0 bridgehead atoms. The minimum Gasteiger partial charge on any atom is -0.493 e. The summed E-state index contributed by atoms with van der Waals surface area (Å²) in [5.41, 5.74) is 1.35. The summed E-state index contributed by atoms with van der Waals surface area (Å²) < 4.78 is 92.6. The van der Waals surface area contributed by atoms with E-state index in [4.69, 9.17) is 15.2 Å². The highest BCUT2D eigenvalue weighted by atomic mass is 19.4. The van der Waals surface area contributed by atoms with Crippen molar-refractivity contribution in [2.45, 2.75) is 37.1 Å². The molecule has 3 rings (SSSR count). The van der Waals surface area contributed by atoms with Crippen molar-refractivity contribution in [2.75, 3.05) is 12.4 Å². The summed E-state index contributed by atoms with van der Waals surface area (Å²) in [5.74, 6) is -7.97. The molecule has 33 heavy (non-hydrogen) atoms. The zero-order valence-corrected chi connectivity index (χ0v) is 17.2. The van der Waals surface area contributed by atoms with Gasteiger partial charge < -0.3 is 20.5 Å². The summed E-state index contributed by atoms with van der Waals surface area (Å²) in [4.78, 5) is 24.2. The van der Waals surface area contributed by atoms with Crippen LogP contribution in [-0.2, 0) is 9.53 Å². The van der Waals surface area contributed by atoms with Crippen LogP contribution in [0, 0.1) is 17.5 Å². The minimum absolute atomic E-state index is 0.143. The highest BCUT2D eigenvalue weighted by molar-refractivity contribution is 5.98. The molecule has 2 aromatic carbocycles. The van der Waals surface area contributed by atoms with E-state index in [-0.39, 0.29) is 11.3 Å².